The molecule has 0 bridgehead atoms. The predicted octanol–water partition coefficient (Wildman–Crippen LogP) is 2.82. The summed E-state index contributed by atoms with van der Waals surface area (Å²) < 4.78 is 5.13. The minimum Gasteiger partial charge on any atom is -0.465 e. The number of carbonyl (C=O) groups excluding carboxylic acids is 1. The molecule has 0 aliphatic heterocycles. The molecule has 4 heteroatoms. The number of rotatable bonds is 12. The molecular weight excluding hydrogens is 252 g/mol. The van der Waals surface area contributed by atoms with Gasteiger partial charge in [-0.25, -0.2) is 0 Å². The first kappa shape index (κ1) is 19.4. The number of nitrogens with one attached hydrogen (secondary N) is 1. The smallest absolute Gasteiger partial charge is 0.323 e. The van der Waals surface area contributed by atoms with E-state index in [2.05, 4.69) is 37.9 Å². The Hall–Kier alpha value is -0.610. The van der Waals surface area contributed by atoms with Crippen LogP contribution in [0.5, 0.6) is 0 Å². The second-order valence-electron chi connectivity index (χ2n) is 5.33. The third kappa shape index (κ3) is 8.54. The Morgan fingerprint density at radius 2 is 1.80 bits per heavy atom. The van der Waals surface area contributed by atoms with Crippen molar-refractivity contribution >= 4 is 5.97 Å². The van der Waals surface area contributed by atoms with Gasteiger partial charge in [0.1, 0.15) is 6.04 Å². The first-order valence-corrected chi connectivity index (χ1v) is 8.23. The number of hydrogen-bond donors (Lipinski definition) is 1. The zero-order valence-corrected chi connectivity index (χ0v) is 14.1. The van der Waals surface area contributed by atoms with Gasteiger partial charge in [-0.3, -0.25) is 4.79 Å². The van der Waals surface area contributed by atoms with Crippen LogP contribution in [0.25, 0.3) is 0 Å². The van der Waals surface area contributed by atoms with E-state index < -0.39 is 0 Å². The van der Waals surface area contributed by atoms with E-state index in [-0.39, 0.29) is 12.0 Å². The van der Waals surface area contributed by atoms with Crippen LogP contribution in [0.4, 0.5) is 0 Å². The molecule has 0 rings (SSSR count). The SMILES string of the molecule is CCCC(NC(C)CCCN(CC)CC)C(=O)OCC. The summed E-state index contributed by atoms with van der Waals surface area (Å²) in [5.41, 5.74) is 0. The van der Waals surface area contributed by atoms with E-state index in [9.17, 15) is 4.79 Å². The van der Waals surface area contributed by atoms with E-state index in [0.29, 0.717) is 12.6 Å². The molecule has 120 valence electrons. The van der Waals surface area contributed by atoms with Crippen molar-refractivity contribution < 1.29 is 9.53 Å². The Morgan fingerprint density at radius 3 is 2.30 bits per heavy atom. The van der Waals surface area contributed by atoms with Crippen molar-refractivity contribution in [3.8, 4) is 0 Å². The summed E-state index contributed by atoms with van der Waals surface area (Å²) in [6.45, 7) is 14.3. The molecular formula is C16H34N2O2. The van der Waals surface area contributed by atoms with Crippen LogP contribution in [-0.4, -0.2) is 49.2 Å². The second-order valence-corrected chi connectivity index (χ2v) is 5.33. The highest BCUT2D eigenvalue weighted by atomic mass is 16.5. The molecule has 0 aliphatic rings. The number of esters is 1. The quantitative estimate of drug-likeness (QED) is 0.560. The van der Waals surface area contributed by atoms with Crippen molar-refractivity contribution in [1.29, 1.82) is 0 Å². The first-order chi connectivity index (χ1) is 9.58. The summed E-state index contributed by atoms with van der Waals surface area (Å²) in [6, 6.07) is 0.204. The lowest BCUT2D eigenvalue weighted by molar-refractivity contribution is -0.146. The van der Waals surface area contributed by atoms with E-state index >= 15 is 0 Å². The molecule has 0 aromatic carbocycles. The highest BCUT2D eigenvalue weighted by Crippen LogP contribution is 2.05. The maximum Gasteiger partial charge on any atom is 0.323 e. The third-order valence-electron chi connectivity index (χ3n) is 3.64. The van der Waals surface area contributed by atoms with Gasteiger partial charge in [0.25, 0.3) is 0 Å². The summed E-state index contributed by atoms with van der Waals surface area (Å²) in [6.07, 6.45) is 4.09. The van der Waals surface area contributed by atoms with Crippen LogP contribution in [0.3, 0.4) is 0 Å². The fourth-order valence-electron chi connectivity index (χ4n) is 2.39. The molecule has 0 amide bonds. The normalized spacial score (nSPS) is 14.3. The lowest BCUT2D eigenvalue weighted by atomic mass is 10.1. The molecule has 1 N–H and O–H groups in total. The van der Waals surface area contributed by atoms with Gasteiger partial charge in [0.05, 0.1) is 6.61 Å². The third-order valence-corrected chi connectivity index (χ3v) is 3.64. The molecule has 2 unspecified atom stereocenters. The van der Waals surface area contributed by atoms with Gasteiger partial charge in [-0.15, -0.1) is 0 Å². The monoisotopic (exact) mass is 286 g/mol. The average Bonchev–Trinajstić information content (AvgIpc) is 2.43. The number of carbonyl (C=O) groups is 1. The van der Waals surface area contributed by atoms with E-state index in [1.807, 2.05) is 6.92 Å². The van der Waals surface area contributed by atoms with Crippen LogP contribution in [0.1, 0.15) is 60.3 Å². The van der Waals surface area contributed by atoms with Crippen LogP contribution in [-0.2, 0) is 9.53 Å². The molecule has 0 heterocycles. The number of hydrogen-bond acceptors (Lipinski definition) is 4. The molecule has 0 spiro atoms. The summed E-state index contributed by atoms with van der Waals surface area (Å²) in [5.74, 6) is -0.107. The lowest BCUT2D eigenvalue weighted by Crippen LogP contribution is -2.43. The Morgan fingerprint density at radius 1 is 1.15 bits per heavy atom. The Labute approximate surface area is 125 Å². The molecule has 0 aromatic rings. The fraction of sp³-hybridized carbons (Fsp3) is 0.938. The van der Waals surface area contributed by atoms with Gasteiger partial charge < -0.3 is 15.0 Å². The van der Waals surface area contributed by atoms with Gasteiger partial charge >= 0.3 is 5.97 Å². The molecule has 0 saturated heterocycles. The molecule has 4 nitrogen and oxygen atoms in total. The largest absolute Gasteiger partial charge is 0.465 e. The van der Waals surface area contributed by atoms with Crippen molar-refractivity contribution in [2.45, 2.75) is 72.4 Å². The highest BCUT2D eigenvalue weighted by Gasteiger charge is 2.20. The van der Waals surface area contributed by atoms with E-state index in [1.165, 1.54) is 0 Å². The summed E-state index contributed by atoms with van der Waals surface area (Å²) in [4.78, 5) is 14.3. The van der Waals surface area contributed by atoms with Gasteiger partial charge in [0.15, 0.2) is 0 Å². The van der Waals surface area contributed by atoms with Crippen molar-refractivity contribution in [3.05, 3.63) is 0 Å². The molecule has 0 aromatic heterocycles. The highest BCUT2D eigenvalue weighted by molar-refractivity contribution is 5.75. The van der Waals surface area contributed by atoms with Gasteiger partial charge in [-0.2, -0.15) is 0 Å². The van der Waals surface area contributed by atoms with Crippen LogP contribution < -0.4 is 5.32 Å². The number of nitrogens with zero attached hydrogens (tertiary/aromatic N) is 1. The van der Waals surface area contributed by atoms with Gasteiger partial charge in [0.2, 0.25) is 0 Å². The van der Waals surface area contributed by atoms with E-state index in [4.69, 9.17) is 4.74 Å². The van der Waals surface area contributed by atoms with E-state index in [1.54, 1.807) is 0 Å². The maximum absolute atomic E-state index is 11.9. The molecule has 20 heavy (non-hydrogen) atoms. The summed E-state index contributed by atoms with van der Waals surface area (Å²) in [5, 5.41) is 3.42. The first-order valence-electron chi connectivity index (χ1n) is 8.23. The van der Waals surface area contributed by atoms with Crippen molar-refractivity contribution in [3.63, 3.8) is 0 Å². The minimum atomic E-state index is -0.150. The van der Waals surface area contributed by atoms with Crippen LogP contribution >= 0.6 is 0 Å². The van der Waals surface area contributed by atoms with E-state index in [0.717, 1.165) is 45.3 Å². The zero-order valence-electron chi connectivity index (χ0n) is 14.1. The summed E-state index contributed by atoms with van der Waals surface area (Å²) >= 11 is 0. The maximum atomic E-state index is 11.9. The second kappa shape index (κ2) is 12.2. The molecule has 0 radical (unpaired) electrons. The van der Waals surface area contributed by atoms with Crippen LogP contribution in [0.2, 0.25) is 0 Å². The van der Waals surface area contributed by atoms with Gasteiger partial charge in [-0.1, -0.05) is 27.2 Å². The van der Waals surface area contributed by atoms with Crippen LogP contribution in [0, 0.1) is 0 Å². The molecule has 0 fully saturated rings. The van der Waals surface area contributed by atoms with Gasteiger partial charge in [0, 0.05) is 6.04 Å². The Bertz CT molecular complexity index is 243. The Balaban J connectivity index is 4.05. The average molecular weight is 286 g/mol. The van der Waals surface area contributed by atoms with Crippen molar-refractivity contribution in [2.75, 3.05) is 26.2 Å². The molecule has 0 aliphatic carbocycles. The molecule has 0 saturated carbocycles. The summed E-state index contributed by atoms with van der Waals surface area (Å²) in [7, 11) is 0. The fourth-order valence-corrected chi connectivity index (χ4v) is 2.39. The van der Waals surface area contributed by atoms with Crippen molar-refractivity contribution in [1.82, 2.24) is 10.2 Å². The number of ether oxygens (including phenoxy) is 1. The van der Waals surface area contributed by atoms with Crippen molar-refractivity contribution in [2.24, 2.45) is 0 Å². The molecule has 2 atom stereocenters. The predicted molar refractivity (Wildman–Crippen MR) is 84.9 cm³/mol. The lowest BCUT2D eigenvalue weighted by Gasteiger charge is -2.23. The Kier molecular flexibility index (Phi) is 11.8. The van der Waals surface area contributed by atoms with Crippen LogP contribution in [0.15, 0.2) is 0 Å². The minimum absolute atomic E-state index is 0.107. The van der Waals surface area contributed by atoms with Gasteiger partial charge in [-0.05, 0) is 52.7 Å². The topological polar surface area (TPSA) is 41.6 Å². The zero-order chi connectivity index (χ0) is 15.4. The standard InChI is InChI=1S/C16H34N2O2/c1-6-11-15(16(19)20-9-4)17-14(5)12-10-13-18(7-2)8-3/h14-15,17H,6-13H2,1-5H3.